The second-order valence-corrected chi connectivity index (χ2v) is 9.45. The summed E-state index contributed by atoms with van der Waals surface area (Å²) in [5, 5.41) is 3.51. The van der Waals surface area contributed by atoms with Gasteiger partial charge in [-0.25, -0.2) is 13.2 Å². The zero-order valence-corrected chi connectivity index (χ0v) is 19.2. The van der Waals surface area contributed by atoms with Gasteiger partial charge in [-0.1, -0.05) is 29.8 Å². The van der Waals surface area contributed by atoms with Crippen molar-refractivity contribution in [3.8, 4) is 11.5 Å². The Kier molecular flexibility index (Phi) is 7.30. The number of carbonyl (C=O) groups is 1. The van der Waals surface area contributed by atoms with E-state index in [-0.39, 0.29) is 43.1 Å². The number of amides is 2. The van der Waals surface area contributed by atoms with Gasteiger partial charge in [-0.05, 0) is 30.7 Å². The number of methoxy groups -OCH3 is 2. The van der Waals surface area contributed by atoms with Crippen LogP contribution in [0.2, 0.25) is 5.02 Å². The smallest absolute Gasteiger partial charge is 0.317 e. The quantitative estimate of drug-likeness (QED) is 0.705. The summed E-state index contributed by atoms with van der Waals surface area (Å²) in [7, 11) is -0.776. The van der Waals surface area contributed by atoms with Gasteiger partial charge in [0.25, 0.3) is 0 Å². The third kappa shape index (κ3) is 5.06. The molecular formula is C21H26ClN3O5S. The third-order valence-electron chi connectivity index (χ3n) is 5.23. The average molecular weight is 468 g/mol. The second kappa shape index (κ2) is 9.76. The Morgan fingerprint density at radius 3 is 2.29 bits per heavy atom. The highest BCUT2D eigenvalue weighted by Gasteiger charge is 2.31. The predicted molar refractivity (Wildman–Crippen MR) is 118 cm³/mol. The summed E-state index contributed by atoms with van der Waals surface area (Å²) in [5.41, 5.74) is 0.826. The lowest BCUT2D eigenvalue weighted by molar-refractivity contribution is 0.169. The zero-order chi connectivity index (χ0) is 22.6. The fourth-order valence-corrected chi connectivity index (χ4v) is 5.18. The Labute approximate surface area is 187 Å². The average Bonchev–Trinajstić information content (AvgIpc) is 2.78. The van der Waals surface area contributed by atoms with Gasteiger partial charge in [0.2, 0.25) is 10.0 Å². The van der Waals surface area contributed by atoms with E-state index in [9.17, 15) is 13.2 Å². The van der Waals surface area contributed by atoms with Crippen LogP contribution in [0.25, 0.3) is 0 Å². The van der Waals surface area contributed by atoms with Gasteiger partial charge in [-0.2, -0.15) is 4.31 Å². The van der Waals surface area contributed by atoms with Crippen molar-refractivity contribution in [2.75, 3.05) is 40.4 Å². The molecule has 1 aliphatic heterocycles. The van der Waals surface area contributed by atoms with E-state index in [1.54, 1.807) is 17.0 Å². The Hall–Kier alpha value is -2.49. The van der Waals surface area contributed by atoms with E-state index < -0.39 is 10.0 Å². The van der Waals surface area contributed by atoms with Crippen molar-refractivity contribution in [1.82, 2.24) is 14.5 Å². The molecule has 1 fully saturated rings. The molecule has 8 nitrogen and oxygen atoms in total. The number of rotatable bonds is 6. The molecule has 0 aliphatic carbocycles. The maximum Gasteiger partial charge on any atom is 0.317 e. The highest BCUT2D eigenvalue weighted by Crippen LogP contribution is 2.31. The summed E-state index contributed by atoms with van der Waals surface area (Å²) in [5.74, 6) is 0.797. The molecule has 0 radical (unpaired) electrons. The predicted octanol–water partition coefficient (Wildman–Crippen LogP) is 3.13. The summed E-state index contributed by atoms with van der Waals surface area (Å²) in [6, 6.07) is 11.3. The standard InChI is InChI=1S/C21H26ClN3O5S/c1-15(17-6-4-5-7-18(17)22)23-21(26)24-10-12-25(13-11-24)31(27,28)16-8-9-19(29-2)20(14-16)30-3/h4-9,14-15H,10-13H2,1-3H3,(H,23,26). The Morgan fingerprint density at radius 1 is 1.03 bits per heavy atom. The van der Waals surface area contributed by atoms with E-state index in [1.807, 2.05) is 25.1 Å². The Bertz CT molecular complexity index is 1040. The molecule has 0 saturated carbocycles. The zero-order valence-electron chi connectivity index (χ0n) is 17.7. The van der Waals surface area contributed by atoms with Crippen LogP contribution in [0.3, 0.4) is 0 Å². The van der Waals surface area contributed by atoms with Crippen molar-refractivity contribution >= 4 is 27.7 Å². The number of hydrogen-bond acceptors (Lipinski definition) is 5. The first-order valence-electron chi connectivity index (χ1n) is 9.80. The fraction of sp³-hybridized carbons (Fsp3) is 0.381. The molecule has 1 atom stereocenters. The largest absolute Gasteiger partial charge is 0.493 e. The maximum atomic E-state index is 13.0. The van der Waals surface area contributed by atoms with E-state index in [0.717, 1.165) is 5.56 Å². The molecule has 31 heavy (non-hydrogen) atoms. The molecule has 2 amide bonds. The SMILES string of the molecule is COc1ccc(S(=O)(=O)N2CCN(C(=O)NC(C)c3ccccc3Cl)CC2)cc1OC. The van der Waals surface area contributed by atoms with Crippen molar-refractivity contribution < 1.29 is 22.7 Å². The first-order valence-corrected chi connectivity index (χ1v) is 11.6. The first-order chi connectivity index (χ1) is 14.8. The number of nitrogens with one attached hydrogen (secondary N) is 1. The molecule has 1 N–H and O–H groups in total. The van der Waals surface area contributed by atoms with Crippen LogP contribution in [-0.2, 0) is 10.0 Å². The molecule has 0 aromatic heterocycles. The van der Waals surface area contributed by atoms with Crippen LogP contribution in [0.4, 0.5) is 4.79 Å². The fourth-order valence-electron chi connectivity index (χ4n) is 3.44. The second-order valence-electron chi connectivity index (χ2n) is 7.10. The van der Waals surface area contributed by atoms with Crippen LogP contribution >= 0.6 is 11.6 Å². The van der Waals surface area contributed by atoms with E-state index >= 15 is 0 Å². The number of hydrogen-bond donors (Lipinski definition) is 1. The first kappa shape index (κ1) is 23.2. The number of piperazine rings is 1. The Morgan fingerprint density at radius 2 is 1.68 bits per heavy atom. The van der Waals surface area contributed by atoms with Crippen LogP contribution in [0.15, 0.2) is 47.4 Å². The summed E-state index contributed by atoms with van der Waals surface area (Å²) >= 11 is 6.20. The van der Waals surface area contributed by atoms with Gasteiger partial charge in [0.1, 0.15) is 0 Å². The van der Waals surface area contributed by atoms with Crippen LogP contribution in [0.5, 0.6) is 11.5 Å². The molecule has 0 bridgehead atoms. The number of carbonyl (C=O) groups excluding carboxylic acids is 1. The van der Waals surface area contributed by atoms with Gasteiger partial charge >= 0.3 is 6.03 Å². The highest BCUT2D eigenvalue weighted by molar-refractivity contribution is 7.89. The molecule has 1 heterocycles. The van der Waals surface area contributed by atoms with E-state index in [2.05, 4.69) is 5.32 Å². The van der Waals surface area contributed by atoms with Gasteiger partial charge in [-0.15, -0.1) is 0 Å². The number of nitrogens with zero attached hydrogens (tertiary/aromatic N) is 2. The molecule has 3 rings (SSSR count). The molecule has 1 unspecified atom stereocenters. The summed E-state index contributed by atoms with van der Waals surface area (Å²) < 4.78 is 37.8. The maximum absolute atomic E-state index is 13.0. The molecule has 1 aliphatic rings. The molecule has 168 valence electrons. The van der Waals surface area contributed by atoms with Gasteiger partial charge in [0.15, 0.2) is 11.5 Å². The monoisotopic (exact) mass is 467 g/mol. The normalized spacial score (nSPS) is 15.9. The molecule has 2 aromatic carbocycles. The van der Waals surface area contributed by atoms with Crippen LogP contribution in [0.1, 0.15) is 18.5 Å². The van der Waals surface area contributed by atoms with Crippen LogP contribution < -0.4 is 14.8 Å². The summed E-state index contributed by atoms with van der Waals surface area (Å²) in [6.45, 7) is 2.83. The van der Waals surface area contributed by atoms with E-state index in [0.29, 0.717) is 16.5 Å². The van der Waals surface area contributed by atoms with Crippen molar-refractivity contribution in [1.29, 1.82) is 0 Å². The van der Waals surface area contributed by atoms with Crippen molar-refractivity contribution in [2.24, 2.45) is 0 Å². The molecule has 10 heteroatoms. The molecule has 2 aromatic rings. The van der Waals surface area contributed by atoms with Gasteiger partial charge in [0, 0.05) is 37.3 Å². The summed E-state index contributed by atoms with van der Waals surface area (Å²) in [6.07, 6.45) is 0. The minimum atomic E-state index is -3.72. The highest BCUT2D eigenvalue weighted by atomic mass is 35.5. The number of ether oxygens (including phenoxy) is 2. The van der Waals surface area contributed by atoms with E-state index in [1.165, 1.54) is 30.7 Å². The van der Waals surface area contributed by atoms with Gasteiger partial charge in [-0.3, -0.25) is 0 Å². The van der Waals surface area contributed by atoms with E-state index in [4.69, 9.17) is 21.1 Å². The van der Waals surface area contributed by atoms with Crippen molar-refractivity contribution in [3.05, 3.63) is 53.1 Å². The lowest BCUT2D eigenvalue weighted by Gasteiger charge is -2.34. The number of halogens is 1. The minimum Gasteiger partial charge on any atom is -0.493 e. The molecule has 1 saturated heterocycles. The van der Waals surface area contributed by atoms with Gasteiger partial charge < -0.3 is 19.7 Å². The third-order valence-corrected chi connectivity index (χ3v) is 7.47. The summed E-state index contributed by atoms with van der Waals surface area (Å²) in [4.78, 5) is 14.4. The molecular weight excluding hydrogens is 442 g/mol. The minimum absolute atomic E-state index is 0.121. The number of benzene rings is 2. The Balaban J connectivity index is 1.63. The number of urea groups is 1. The van der Waals surface area contributed by atoms with Crippen LogP contribution in [0, 0.1) is 0 Å². The topological polar surface area (TPSA) is 88.2 Å². The lowest BCUT2D eigenvalue weighted by atomic mass is 10.1. The van der Waals surface area contributed by atoms with Crippen molar-refractivity contribution in [3.63, 3.8) is 0 Å². The van der Waals surface area contributed by atoms with Crippen molar-refractivity contribution in [2.45, 2.75) is 17.9 Å². The number of sulfonamides is 1. The van der Waals surface area contributed by atoms with Crippen LogP contribution in [-0.4, -0.2) is 64.1 Å². The molecule has 0 spiro atoms. The van der Waals surface area contributed by atoms with Gasteiger partial charge in [0.05, 0.1) is 25.2 Å². The lowest BCUT2D eigenvalue weighted by Crippen LogP contribution is -2.53.